The second-order valence-electron chi connectivity index (χ2n) is 11.6. The van der Waals surface area contributed by atoms with Crippen LogP contribution in [0.15, 0.2) is 140 Å². The average Bonchev–Trinajstić information content (AvgIpc) is 3.43. The lowest BCUT2D eigenvalue weighted by molar-refractivity contribution is -0.140. The molecular weight excluding hydrogens is 572 g/mol. The molecule has 0 saturated heterocycles. The Morgan fingerprint density at radius 3 is 1.59 bits per heavy atom. The third kappa shape index (κ3) is 6.44. The standard InChI is InChI=1S/C40H38N2O4/c43-38(44)37(42-40(29-16-4-1-5-17-29,30-18-6-2-7-19-30)31-20-8-3-9-21-31)26-14-15-27-41-39(45)46-28-36-34-24-12-10-22-32(34)33-23-11-13-25-35(33)36/h1-13,16-25,36-37,42H,14-15,26-28H2,(H,41,45)(H,43,44). The summed E-state index contributed by atoms with van der Waals surface area (Å²) in [5.74, 6) is -0.920. The summed E-state index contributed by atoms with van der Waals surface area (Å²) in [6.07, 6.45) is 1.13. The third-order valence-corrected chi connectivity index (χ3v) is 8.84. The first-order valence-corrected chi connectivity index (χ1v) is 15.8. The minimum absolute atomic E-state index is 0.000315. The maximum atomic E-state index is 12.7. The van der Waals surface area contributed by atoms with Crippen molar-refractivity contribution in [2.75, 3.05) is 13.2 Å². The van der Waals surface area contributed by atoms with Gasteiger partial charge in [0.05, 0.1) is 5.54 Å². The monoisotopic (exact) mass is 610 g/mol. The number of aliphatic carboxylic acids is 1. The van der Waals surface area contributed by atoms with E-state index in [4.69, 9.17) is 4.74 Å². The van der Waals surface area contributed by atoms with Gasteiger partial charge in [-0.05, 0) is 58.2 Å². The number of rotatable bonds is 13. The van der Waals surface area contributed by atoms with Gasteiger partial charge in [0.25, 0.3) is 0 Å². The summed E-state index contributed by atoms with van der Waals surface area (Å²) in [7, 11) is 0. The average molecular weight is 611 g/mol. The molecule has 1 aliphatic rings. The second-order valence-corrected chi connectivity index (χ2v) is 11.6. The number of ether oxygens (including phenoxy) is 1. The highest BCUT2D eigenvalue weighted by atomic mass is 16.5. The molecule has 0 aromatic heterocycles. The van der Waals surface area contributed by atoms with Crippen LogP contribution in [0.1, 0.15) is 53.0 Å². The van der Waals surface area contributed by atoms with E-state index in [-0.39, 0.29) is 12.5 Å². The maximum Gasteiger partial charge on any atom is 0.407 e. The molecule has 5 aromatic rings. The number of carboxylic acids is 1. The highest BCUT2D eigenvalue weighted by Crippen LogP contribution is 2.44. The Labute approximate surface area is 270 Å². The van der Waals surface area contributed by atoms with Gasteiger partial charge < -0.3 is 15.2 Å². The van der Waals surface area contributed by atoms with Gasteiger partial charge >= 0.3 is 12.1 Å². The van der Waals surface area contributed by atoms with Gasteiger partial charge in [-0.3, -0.25) is 10.1 Å². The number of benzene rings is 5. The predicted octanol–water partition coefficient (Wildman–Crippen LogP) is 7.73. The van der Waals surface area contributed by atoms with E-state index in [1.807, 2.05) is 115 Å². The van der Waals surface area contributed by atoms with Gasteiger partial charge in [-0.2, -0.15) is 0 Å². The summed E-state index contributed by atoms with van der Waals surface area (Å²) in [6, 6.07) is 45.6. The molecule has 46 heavy (non-hydrogen) atoms. The zero-order chi connectivity index (χ0) is 31.8. The molecule has 0 fully saturated rings. The van der Waals surface area contributed by atoms with Crippen molar-refractivity contribution in [1.82, 2.24) is 10.6 Å². The molecule has 0 saturated carbocycles. The lowest BCUT2D eigenvalue weighted by Crippen LogP contribution is -2.52. The molecule has 0 heterocycles. The van der Waals surface area contributed by atoms with E-state index in [2.05, 4.69) is 34.9 Å². The summed E-state index contributed by atoms with van der Waals surface area (Å²) < 4.78 is 5.66. The van der Waals surface area contributed by atoms with Gasteiger partial charge in [-0.15, -0.1) is 0 Å². The van der Waals surface area contributed by atoms with E-state index >= 15 is 0 Å². The molecule has 1 atom stereocenters. The Morgan fingerprint density at radius 2 is 1.11 bits per heavy atom. The fourth-order valence-electron chi connectivity index (χ4n) is 6.65. The van der Waals surface area contributed by atoms with Crippen molar-refractivity contribution >= 4 is 12.1 Å². The second kappa shape index (κ2) is 14.3. The molecule has 0 spiro atoms. The van der Waals surface area contributed by atoms with Crippen molar-refractivity contribution in [2.24, 2.45) is 0 Å². The molecule has 232 valence electrons. The number of carbonyl (C=O) groups is 2. The molecule has 1 amide bonds. The van der Waals surface area contributed by atoms with Crippen LogP contribution >= 0.6 is 0 Å². The Kier molecular flexibility index (Phi) is 9.56. The number of alkyl carbamates (subject to hydrolysis) is 1. The summed E-state index contributed by atoms with van der Waals surface area (Å²) >= 11 is 0. The van der Waals surface area contributed by atoms with Crippen LogP contribution in [0, 0.1) is 0 Å². The van der Waals surface area contributed by atoms with Gasteiger partial charge in [0.2, 0.25) is 0 Å². The van der Waals surface area contributed by atoms with Crippen LogP contribution in [0.3, 0.4) is 0 Å². The van der Waals surface area contributed by atoms with Gasteiger partial charge in [0.1, 0.15) is 12.6 Å². The van der Waals surface area contributed by atoms with Crippen LogP contribution in [-0.2, 0) is 15.1 Å². The Morgan fingerprint density at radius 1 is 0.652 bits per heavy atom. The molecule has 5 aromatic carbocycles. The normalized spacial score (nSPS) is 13.0. The highest BCUT2D eigenvalue weighted by Gasteiger charge is 2.39. The predicted molar refractivity (Wildman–Crippen MR) is 181 cm³/mol. The van der Waals surface area contributed by atoms with Crippen LogP contribution in [0.2, 0.25) is 0 Å². The van der Waals surface area contributed by atoms with Gasteiger partial charge in [-0.25, -0.2) is 4.79 Å². The number of hydrogen-bond donors (Lipinski definition) is 3. The zero-order valence-electron chi connectivity index (χ0n) is 25.6. The minimum atomic E-state index is -0.920. The molecule has 6 rings (SSSR count). The molecule has 6 heteroatoms. The van der Waals surface area contributed by atoms with E-state index in [1.165, 1.54) is 22.3 Å². The smallest absolute Gasteiger partial charge is 0.407 e. The summed E-state index contributed by atoms with van der Waals surface area (Å²) in [6.45, 7) is 0.648. The SMILES string of the molecule is O=C(NCCCCC(NC(c1ccccc1)(c1ccccc1)c1ccccc1)C(=O)O)OCC1c2ccccc2-c2ccccc21. The molecule has 3 N–H and O–H groups in total. The van der Waals surface area contributed by atoms with Crippen molar-refractivity contribution in [3.63, 3.8) is 0 Å². The van der Waals surface area contributed by atoms with Crippen molar-refractivity contribution in [1.29, 1.82) is 0 Å². The first kappa shape index (κ1) is 30.8. The molecule has 6 nitrogen and oxygen atoms in total. The first-order valence-electron chi connectivity index (χ1n) is 15.8. The molecule has 0 bridgehead atoms. The zero-order valence-corrected chi connectivity index (χ0v) is 25.6. The number of amides is 1. The van der Waals surface area contributed by atoms with Crippen molar-refractivity contribution in [3.8, 4) is 11.1 Å². The van der Waals surface area contributed by atoms with E-state index in [1.54, 1.807) is 0 Å². The highest BCUT2D eigenvalue weighted by molar-refractivity contribution is 5.79. The van der Waals surface area contributed by atoms with Crippen LogP contribution in [0.5, 0.6) is 0 Å². The molecular formula is C40H38N2O4. The van der Waals surface area contributed by atoms with E-state index < -0.39 is 23.6 Å². The molecule has 1 aliphatic carbocycles. The van der Waals surface area contributed by atoms with E-state index in [0.717, 1.165) is 16.7 Å². The largest absolute Gasteiger partial charge is 0.480 e. The quantitative estimate of drug-likeness (QED) is 0.0938. The number of hydrogen-bond acceptors (Lipinski definition) is 4. The molecule has 0 aliphatic heterocycles. The number of nitrogens with one attached hydrogen (secondary N) is 2. The van der Waals surface area contributed by atoms with Gasteiger partial charge in [-0.1, -0.05) is 140 Å². The topological polar surface area (TPSA) is 87.7 Å². The number of fused-ring (bicyclic) bond motifs is 3. The lowest BCUT2D eigenvalue weighted by atomic mass is 9.76. The van der Waals surface area contributed by atoms with E-state index in [0.29, 0.717) is 25.8 Å². The van der Waals surface area contributed by atoms with Crippen LogP contribution in [-0.4, -0.2) is 36.4 Å². The first-order chi connectivity index (χ1) is 22.6. The van der Waals surface area contributed by atoms with Gasteiger partial charge in [0.15, 0.2) is 0 Å². The fraction of sp³-hybridized carbons (Fsp3) is 0.200. The number of unbranched alkanes of at least 4 members (excludes halogenated alkanes) is 1. The van der Waals surface area contributed by atoms with Gasteiger partial charge in [0, 0.05) is 12.5 Å². The summed E-state index contributed by atoms with van der Waals surface area (Å²) in [4.78, 5) is 25.3. The van der Waals surface area contributed by atoms with E-state index in [9.17, 15) is 14.7 Å². The van der Waals surface area contributed by atoms with Crippen molar-refractivity contribution in [2.45, 2.75) is 36.8 Å². The minimum Gasteiger partial charge on any atom is -0.480 e. The molecule has 0 radical (unpaired) electrons. The summed E-state index contributed by atoms with van der Waals surface area (Å²) in [5.41, 5.74) is 6.69. The Hall–Kier alpha value is -5.20. The number of carbonyl (C=O) groups excluding carboxylic acids is 1. The van der Waals surface area contributed by atoms with Crippen LogP contribution in [0.4, 0.5) is 4.79 Å². The number of carboxylic acid groups (broad SMARTS) is 1. The Bertz CT molecular complexity index is 1620. The Balaban J connectivity index is 1.08. The summed E-state index contributed by atoms with van der Waals surface area (Å²) in [5, 5.41) is 16.8. The fourth-order valence-corrected chi connectivity index (χ4v) is 6.65. The van der Waals surface area contributed by atoms with Crippen molar-refractivity contribution < 1.29 is 19.4 Å². The van der Waals surface area contributed by atoms with Crippen LogP contribution < -0.4 is 10.6 Å². The third-order valence-electron chi connectivity index (χ3n) is 8.84. The maximum absolute atomic E-state index is 12.7. The van der Waals surface area contributed by atoms with Crippen LogP contribution in [0.25, 0.3) is 11.1 Å². The van der Waals surface area contributed by atoms with Crippen molar-refractivity contribution in [3.05, 3.63) is 167 Å². The molecule has 1 unspecified atom stereocenters. The lowest BCUT2D eigenvalue weighted by Gasteiger charge is -2.39.